The summed E-state index contributed by atoms with van der Waals surface area (Å²) in [6.45, 7) is 0. The minimum Gasteiger partial charge on any atom is -0.494 e. The van der Waals surface area contributed by atoms with Crippen LogP contribution in [0.4, 0.5) is 0 Å². The number of nitrogens with one attached hydrogen (secondary N) is 1. The number of rotatable bonds is 1. The van der Waals surface area contributed by atoms with Gasteiger partial charge in [-0.3, -0.25) is 9.20 Å². The van der Waals surface area contributed by atoms with Crippen molar-refractivity contribution in [2.45, 2.75) is 0 Å². The van der Waals surface area contributed by atoms with Crippen LogP contribution in [0.1, 0.15) is 0 Å². The number of methoxy groups -OCH3 is 1. The summed E-state index contributed by atoms with van der Waals surface area (Å²) < 4.78 is 6.96. The fraction of sp³-hybridized carbons (Fsp3) is 0.0526. The van der Waals surface area contributed by atoms with Crippen LogP contribution in [0.25, 0.3) is 38.4 Å². The normalized spacial score (nSPS) is 11.7. The average molecular weight is 315 g/mol. The fourth-order valence-corrected chi connectivity index (χ4v) is 3.34. The third-order valence-corrected chi connectivity index (χ3v) is 4.47. The lowest BCUT2D eigenvalue weighted by Gasteiger charge is -2.07. The Morgan fingerprint density at radius 3 is 2.71 bits per heavy atom. The van der Waals surface area contributed by atoms with E-state index in [1.54, 1.807) is 29.8 Å². The maximum Gasteiger partial charge on any atom is 0.265 e. The molecule has 0 radical (unpaired) electrons. The molecular formula is C19H13N3O2. The maximum atomic E-state index is 12.9. The largest absolute Gasteiger partial charge is 0.494 e. The standard InChI is InChI=1S/C19H13N3O2/c1-24-15-8-4-6-13-16(15)21-18-17-12(9-10-22(18)19(13)23)11-5-2-3-7-14(11)20-17/h2-10,20H,1H3. The molecule has 0 aliphatic rings. The molecule has 0 aliphatic carbocycles. The minimum absolute atomic E-state index is 0.102. The van der Waals surface area contributed by atoms with E-state index >= 15 is 0 Å². The molecule has 0 aliphatic heterocycles. The highest BCUT2D eigenvalue weighted by molar-refractivity contribution is 6.11. The smallest absolute Gasteiger partial charge is 0.265 e. The van der Waals surface area contributed by atoms with E-state index < -0.39 is 0 Å². The Morgan fingerprint density at radius 1 is 1.00 bits per heavy atom. The second-order valence-corrected chi connectivity index (χ2v) is 5.74. The first kappa shape index (κ1) is 13.1. The zero-order valence-electron chi connectivity index (χ0n) is 12.9. The van der Waals surface area contributed by atoms with Gasteiger partial charge in [-0.25, -0.2) is 4.98 Å². The molecule has 1 N–H and O–H groups in total. The molecule has 5 heteroatoms. The molecule has 3 aromatic heterocycles. The topological polar surface area (TPSA) is 59.4 Å². The predicted octanol–water partition coefficient (Wildman–Crippen LogP) is 3.49. The van der Waals surface area contributed by atoms with E-state index in [9.17, 15) is 4.79 Å². The summed E-state index contributed by atoms with van der Waals surface area (Å²) in [6.07, 6.45) is 1.78. The molecular weight excluding hydrogens is 302 g/mol. The third kappa shape index (κ3) is 1.58. The van der Waals surface area contributed by atoms with Crippen LogP contribution in [0.15, 0.2) is 59.5 Å². The van der Waals surface area contributed by atoms with Crippen molar-refractivity contribution < 1.29 is 4.74 Å². The number of hydrogen-bond donors (Lipinski definition) is 1. The van der Waals surface area contributed by atoms with Gasteiger partial charge in [-0.2, -0.15) is 0 Å². The quantitative estimate of drug-likeness (QED) is 0.482. The van der Waals surface area contributed by atoms with Gasteiger partial charge in [0.05, 0.1) is 18.0 Å². The van der Waals surface area contributed by atoms with E-state index in [-0.39, 0.29) is 5.56 Å². The second-order valence-electron chi connectivity index (χ2n) is 5.74. The van der Waals surface area contributed by atoms with Crippen molar-refractivity contribution in [3.05, 3.63) is 65.1 Å². The van der Waals surface area contributed by atoms with E-state index in [4.69, 9.17) is 9.72 Å². The van der Waals surface area contributed by atoms with Crippen LogP contribution in [0, 0.1) is 0 Å². The van der Waals surface area contributed by atoms with Crippen molar-refractivity contribution >= 4 is 38.4 Å². The Bertz CT molecular complexity index is 1310. The van der Waals surface area contributed by atoms with Crippen molar-refractivity contribution in [2.75, 3.05) is 7.11 Å². The first-order chi connectivity index (χ1) is 11.8. The Hall–Kier alpha value is -3.34. The Labute approximate surface area is 136 Å². The van der Waals surface area contributed by atoms with Crippen LogP contribution >= 0.6 is 0 Å². The Balaban J connectivity index is 2.07. The number of fused-ring (bicyclic) bond motifs is 6. The number of aromatic nitrogens is 3. The molecule has 3 heterocycles. The summed E-state index contributed by atoms with van der Waals surface area (Å²) in [5.41, 5.74) is 2.95. The highest BCUT2D eigenvalue weighted by Gasteiger charge is 2.13. The van der Waals surface area contributed by atoms with Gasteiger partial charge in [-0.1, -0.05) is 24.3 Å². The summed E-state index contributed by atoms with van der Waals surface area (Å²) in [7, 11) is 1.59. The Morgan fingerprint density at radius 2 is 1.83 bits per heavy atom. The lowest BCUT2D eigenvalue weighted by Crippen LogP contribution is -2.15. The monoisotopic (exact) mass is 315 g/mol. The molecule has 0 saturated heterocycles. The maximum absolute atomic E-state index is 12.9. The van der Waals surface area contributed by atoms with Gasteiger partial charge in [0, 0.05) is 22.5 Å². The summed E-state index contributed by atoms with van der Waals surface area (Å²) in [6, 6.07) is 15.4. The van der Waals surface area contributed by atoms with Gasteiger partial charge in [0.2, 0.25) is 0 Å². The van der Waals surface area contributed by atoms with Crippen molar-refractivity contribution in [1.82, 2.24) is 14.4 Å². The van der Waals surface area contributed by atoms with Crippen LogP contribution in [0.5, 0.6) is 5.75 Å². The lowest BCUT2D eigenvalue weighted by molar-refractivity contribution is 0.419. The molecule has 5 aromatic rings. The van der Waals surface area contributed by atoms with Crippen LogP contribution in [-0.2, 0) is 0 Å². The van der Waals surface area contributed by atoms with Gasteiger partial charge in [-0.15, -0.1) is 0 Å². The van der Waals surface area contributed by atoms with Gasteiger partial charge in [0.1, 0.15) is 11.3 Å². The first-order valence-electron chi connectivity index (χ1n) is 7.66. The molecule has 0 fully saturated rings. The van der Waals surface area contributed by atoms with Crippen LogP contribution in [-0.4, -0.2) is 21.5 Å². The number of aromatic amines is 1. The van der Waals surface area contributed by atoms with Gasteiger partial charge in [0.15, 0.2) is 5.65 Å². The molecule has 2 aromatic carbocycles. The number of hydrogen-bond acceptors (Lipinski definition) is 3. The van der Waals surface area contributed by atoms with E-state index in [0.717, 1.165) is 21.8 Å². The third-order valence-electron chi connectivity index (χ3n) is 4.47. The molecule has 0 saturated carbocycles. The minimum atomic E-state index is -0.102. The van der Waals surface area contributed by atoms with Crippen LogP contribution < -0.4 is 10.3 Å². The van der Waals surface area contributed by atoms with Crippen molar-refractivity contribution in [2.24, 2.45) is 0 Å². The number of ether oxygens (including phenoxy) is 1. The van der Waals surface area contributed by atoms with Crippen molar-refractivity contribution in [3.8, 4) is 5.75 Å². The van der Waals surface area contributed by atoms with E-state index in [1.165, 1.54) is 0 Å². The van der Waals surface area contributed by atoms with Crippen LogP contribution in [0.3, 0.4) is 0 Å². The summed E-state index contributed by atoms with van der Waals surface area (Å²) in [4.78, 5) is 21.0. The predicted molar refractivity (Wildman–Crippen MR) is 94.9 cm³/mol. The summed E-state index contributed by atoms with van der Waals surface area (Å²) in [5, 5.41) is 2.71. The van der Waals surface area contributed by atoms with E-state index in [2.05, 4.69) is 11.1 Å². The summed E-state index contributed by atoms with van der Waals surface area (Å²) >= 11 is 0. The Kier molecular flexibility index (Phi) is 2.51. The zero-order chi connectivity index (χ0) is 16.3. The number of para-hydroxylation sites is 2. The van der Waals surface area contributed by atoms with Crippen molar-refractivity contribution in [3.63, 3.8) is 0 Å². The molecule has 0 spiro atoms. The van der Waals surface area contributed by atoms with Gasteiger partial charge < -0.3 is 9.72 Å². The number of H-pyrrole nitrogens is 1. The van der Waals surface area contributed by atoms with Gasteiger partial charge in [0.25, 0.3) is 5.56 Å². The second kappa shape index (κ2) is 4.58. The highest BCUT2D eigenvalue weighted by atomic mass is 16.5. The SMILES string of the molecule is COc1cccc2c(=O)n3ccc4c5ccccc5[nH]c4c3nc12. The highest BCUT2D eigenvalue weighted by Crippen LogP contribution is 2.28. The molecule has 24 heavy (non-hydrogen) atoms. The molecule has 0 bridgehead atoms. The first-order valence-corrected chi connectivity index (χ1v) is 7.66. The molecule has 116 valence electrons. The van der Waals surface area contributed by atoms with Gasteiger partial charge >= 0.3 is 0 Å². The summed E-state index contributed by atoms with van der Waals surface area (Å²) in [5.74, 6) is 0.597. The van der Waals surface area contributed by atoms with Crippen LogP contribution in [0.2, 0.25) is 0 Å². The fourth-order valence-electron chi connectivity index (χ4n) is 3.34. The molecule has 5 nitrogen and oxygen atoms in total. The van der Waals surface area contributed by atoms with Gasteiger partial charge in [-0.05, 0) is 24.3 Å². The number of pyridine rings is 1. The number of nitrogens with zero attached hydrogens (tertiary/aromatic N) is 2. The van der Waals surface area contributed by atoms with E-state index in [0.29, 0.717) is 22.3 Å². The molecule has 5 rings (SSSR count). The molecule has 0 unspecified atom stereocenters. The van der Waals surface area contributed by atoms with E-state index in [1.807, 2.05) is 30.3 Å². The lowest BCUT2D eigenvalue weighted by atomic mass is 10.2. The average Bonchev–Trinajstić information content (AvgIpc) is 3.01. The molecule has 0 atom stereocenters. The number of benzene rings is 2. The zero-order valence-corrected chi connectivity index (χ0v) is 12.9. The molecule has 0 amide bonds. The van der Waals surface area contributed by atoms with Crippen molar-refractivity contribution in [1.29, 1.82) is 0 Å².